The van der Waals surface area contributed by atoms with Gasteiger partial charge in [0.25, 0.3) is 5.91 Å². The zero-order valence-electron chi connectivity index (χ0n) is 13.9. The number of hydrogen-bond acceptors (Lipinski definition) is 3. The molecular formula is C19H19N3O2. The fourth-order valence-corrected chi connectivity index (χ4v) is 2.56. The van der Waals surface area contributed by atoms with Crippen molar-refractivity contribution >= 4 is 11.6 Å². The highest BCUT2D eigenvalue weighted by atomic mass is 16.5. The molecule has 0 aliphatic heterocycles. The zero-order valence-corrected chi connectivity index (χ0v) is 13.9. The lowest BCUT2D eigenvalue weighted by atomic mass is 10.1. The van der Waals surface area contributed by atoms with Gasteiger partial charge in [-0.1, -0.05) is 36.4 Å². The highest BCUT2D eigenvalue weighted by molar-refractivity contribution is 6.05. The van der Waals surface area contributed by atoms with Gasteiger partial charge in [-0.2, -0.15) is 5.10 Å². The van der Waals surface area contributed by atoms with Gasteiger partial charge in [0.2, 0.25) is 0 Å². The van der Waals surface area contributed by atoms with Gasteiger partial charge < -0.3 is 10.1 Å². The summed E-state index contributed by atoms with van der Waals surface area (Å²) in [6, 6.07) is 15.5. The normalized spacial score (nSPS) is 10.5. The Morgan fingerprint density at radius 1 is 1.04 bits per heavy atom. The average Bonchev–Trinajstić information content (AvgIpc) is 3.03. The number of anilines is 1. The summed E-state index contributed by atoms with van der Waals surface area (Å²) in [6.45, 7) is 3.92. The Labute approximate surface area is 140 Å². The first-order valence-corrected chi connectivity index (χ1v) is 7.67. The molecule has 24 heavy (non-hydrogen) atoms. The molecule has 1 amide bonds. The van der Waals surface area contributed by atoms with E-state index in [0.29, 0.717) is 5.75 Å². The summed E-state index contributed by atoms with van der Waals surface area (Å²) >= 11 is 0. The summed E-state index contributed by atoms with van der Waals surface area (Å²) in [4.78, 5) is 12.7. The molecule has 5 nitrogen and oxygen atoms in total. The third-order valence-electron chi connectivity index (χ3n) is 3.86. The number of aromatic nitrogens is 2. The van der Waals surface area contributed by atoms with Gasteiger partial charge >= 0.3 is 0 Å². The molecular weight excluding hydrogens is 302 g/mol. The van der Waals surface area contributed by atoms with Crippen LogP contribution >= 0.6 is 0 Å². The molecule has 1 heterocycles. The van der Waals surface area contributed by atoms with Crippen LogP contribution in [0.3, 0.4) is 0 Å². The Kier molecular flexibility index (Phi) is 4.33. The van der Waals surface area contributed by atoms with Crippen LogP contribution in [0.4, 0.5) is 5.69 Å². The van der Waals surface area contributed by atoms with Crippen molar-refractivity contribution in [3.05, 3.63) is 71.5 Å². The Hall–Kier alpha value is -3.08. The lowest BCUT2D eigenvalue weighted by Gasteiger charge is -2.10. The molecule has 122 valence electrons. The molecule has 1 aromatic heterocycles. The second kappa shape index (κ2) is 6.58. The number of aryl methyl sites for hydroxylation is 2. The third-order valence-corrected chi connectivity index (χ3v) is 3.86. The van der Waals surface area contributed by atoms with E-state index in [1.54, 1.807) is 10.9 Å². The number of amides is 1. The molecule has 0 radical (unpaired) electrons. The molecule has 0 saturated carbocycles. The van der Waals surface area contributed by atoms with Crippen molar-refractivity contribution < 1.29 is 9.53 Å². The van der Waals surface area contributed by atoms with Crippen LogP contribution in [0.25, 0.3) is 5.69 Å². The summed E-state index contributed by atoms with van der Waals surface area (Å²) in [6.07, 6.45) is 1.70. The number of nitrogens with one attached hydrogen (secondary N) is 1. The van der Waals surface area contributed by atoms with E-state index in [1.165, 1.54) is 7.11 Å². The quantitative estimate of drug-likeness (QED) is 0.796. The first-order chi connectivity index (χ1) is 11.6. The summed E-state index contributed by atoms with van der Waals surface area (Å²) in [7, 11) is 1.53. The first kappa shape index (κ1) is 15.8. The number of rotatable bonds is 4. The van der Waals surface area contributed by atoms with Gasteiger partial charge in [0.05, 0.1) is 19.0 Å². The lowest BCUT2D eigenvalue weighted by Crippen LogP contribution is -2.15. The van der Waals surface area contributed by atoms with Crippen LogP contribution in [-0.2, 0) is 0 Å². The molecule has 5 heteroatoms. The number of benzene rings is 2. The SMILES string of the molecule is COc1cn(-c2ccccc2)nc1C(=O)Nc1c(C)cccc1C. The van der Waals surface area contributed by atoms with Crippen molar-refractivity contribution in [2.24, 2.45) is 0 Å². The van der Waals surface area contributed by atoms with E-state index < -0.39 is 0 Å². The lowest BCUT2D eigenvalue weighted by molar-refractivity contribution is 0.101. The molecule has 0 fully saturated rings. The van der Waals surface area contributed by atoms with Gasteiger partial charge in [0, 0.05) is 5.69 Å². The summed E-state index contributed by atoms with van der Waals surface area (Å²) in [5.74, 6) is 0.140. The van der Waals surface area contributed by atoms with Crippen molar-refractivity contribution in [2.45, 2.75) is 13.8 Å². The van der Waals surface area contributed by atoms with Crippen molar-refractivity contribution in [3.63, 3.8) is 0 Å². The van der Waals surface area contributed by atoms with Crippen LogP contribution < -0.4 is 10.1 Å². The van der Waals surface area contributed by atoms with Gasteiger partial charge in [-0.15, -0.1) is 0 Å². The molecule has 3 rings (SSSR count). The number of nitrogens with zero attached hydrogens (tertiary/aromatic N) is 2. The minimum atomic E-state index is -0.293. The van der Waals surface area contributed by atoms with Crippen molar-refractivity contribution in [2.75, 3.05) is 12.4 Å². The van der Waals surface area contributed by atoms with E-state index in [2.05, 4.69) is 10.4 Å². The topological polar surface area (TPSA) is 56.2 Å². The zero-order chi connectivity index (χ0) is 17.1. The first-order valence-electron chi connectivity index (χ1n) is 7.67. The van der Waals surface area contributed by atoms with Gasteiger partial charge in [-0.3, -0.25) is 4.79 Å². The molecule has 0 atom stereocenters. The molecule has 0 aliphatic carbocycles. The minimum absolute atomic E-state index is 0.254. The largest absolute Gasteiger partial charge is 0.493 e. The second-order valence-corrected chi connectivity index (χ2v) is 5.55. The number of para-hydroxylation sites is 2. The van der Waals surface area contributed by atoms with E-state index in [-0.39, 0.29) is 11.6 Å². The van der Waals surface area contributed by atoms with Crippen LogP contribution in [0.1, 0.15) is 21.6 Å². The highest BCUT2D eigenvalue weighted by Crippen LogP contribution is 2.24. The highest BCUT2D eigenvalue weighted by Gasteiger charge is 2.19. The van der Waals surface area contributed by atoms with E-state index in [1.807, 2.05) is 62.4 Å². The van der Waals surface area contributed by atoms with Crippen LogP contribution in [0, 0.1) is 13.8 Å². The van der Waals surface area contributed by atoms with Crippen LogP contribution in [-0.4, -0.2) is 22.8 Å². The fourth-order valence-electron chi connectivity index (χ4n) is 2.56. The molecule has 3 aromatic rings. The molecule has 2 aromatic carbocycles. The maximum absolute atomic E-state index is 12.7. The van der Waals surface area contributed by atoms with Crippen LogP contribution in [0.2, 0.25) is 0 Å². The molecule has 0 unspecified atom stereocenters. The van der Waals surface area contributed by atoms with E-state index in [9.17, 15) is 4.79 Å². The van der Waals surface area contributed by atoms with Gasteiger partial charge in [-0.05, 0) is 37.1 Å². The summed E-state index contributed by atoms with van der Waals surface area (Å²) < 4.78 is 6.96. The molecule has 0 bridgehead atoms. The Morgan fingerprint density at radius 2 is 1.71 bits per heavy atom. The Morgan fingerprint density at radius 3 is 2.33 bits per heavy atom. The van der Waals surface area contributed by atoms with E-state index in [4.69, 9.17) is 4.74 Å². The fraction of sp³-hybridized carbons (Fsp3) is 0.158. The average molecular weight is 321 g/mol. The van der Waals surface area contributed by atoms with E-state index >= 15 is 0 Å². The standard InChI is InChI=1S/C19H19N3O2/c1-13-8-7-9-14(2)17(13)20-19(23)18-16(24-3)12-22(21-18)15-10-5-4-6-11-15/h4-12H,1-3H3,(H,20,23). The predicted octanol–water partition coefficient (Wildman–Crippen LogP) is 3.75. The van der Waals surface area contributed by atoms with Crippen molar-refractivity contribution in [3.8, 4) is 11.4 Å². The number of carbonyl (C=O) groups excluding carboxylic acids is 1. The number of methoxy groups -OCH3 is 1. The molecule has 0 spiro atoms. The van der Waals surface area contributed by atoms with Gasteiger partial charge in [0.15, 0.2) is 11.4 Å². The molecule has 0 aliphatic rings. The van der Waals surface area contributed by atoms with E-state index in [0.717, 1.165) is 22.5 Å². The molecule has 0 saturated heterocycles. The van der Waals surface area contributed by atoms with Crippen LogP contribution in [0.5, 0.6) is 5.75 Å². The summed E-state index contributed by atoms with van der Waals surface area (Å²) in [5, 5.41) is 7.33. The Balaban J connectivity index is 1.94. The second-order valence-electron chi connectivity index (χ2n) is 5.55. The van der Waals surface area contributed by atoms with Crippen molar-refractivity contribution in [1.82, 2.24) is 9.78 Å². The van der Waals surface area contributed by atoms with Gasteiger partial charge in [0.1, 0.15) is 0 Å². The minimum Gasteiger partial charge on any atom is -0.493 e. The van der Waals surface area contributed by atoms with Crippen molar-refractivity contribution in [1.29, 1.82) is 0 Å². The number of ether oxygens (including phenoxy) is 1. The number of hydrogen-bond donors (Lipinski definition) is 1. The van der Waals surface area contributed by atoms with Gasteiger partial charge in [-0.25, -0.2) is 4.68 Å². The maximum atomic E-state index is 12.7. The summed E-state index contributed by atoms with van der Waals surface area (Å²) in [5.41, 5.74) is 3.93. The number of carbonyl (C=O) groups is 1. The maximum Gasteiger partial charge on any atom is 0.280 e. The monoisotopic (exact) mass is 321 g/mol. The predicted molar refractivity (Wildman–Crippen MR) is 94.0 cm³/mol. The molecule has 1 N–H and O–H groups in total. The van der Waals surface area contributed by atoms with Crippen LogP contribution in [0.15, 0.2) is 54.7 Å². The Bertz CT molecular complexity index is 849. The smallest absolute Gasteiger partial charge is 0.280 e. The third kappa shape index (κ3) is 3.01.